The number of rotatable bonds is 6. The number of hydrogen-bond donors (Lipinski definition) is 3. The third-order valence-corrected chi connectivity index (χ3v) is 2.53. The lowest BCUT2D eigenvalue weighted by atomic mass is 10.2. The Bertz CT molecular complexity index is 519. The minimum atomic E-state index is -4.69. The molecule has 0 spiro atoms. The van der Waals surface area contributed by atoms with Crippen LogP contribution in [0.3, 0.4) is 0 Å². The summed E-state index contributed by atoms with van der Waals surface area (Å²) in [5, 5.41) is 8.48. The van der Waals surface area contributed by atoms with Gasteiger partial charge in [-0.1, -0.05) is 35.7 Å². The summed E-state index contributed by atoms with van der Waals surface area (Å²) in [6.45, 7) is 3.79. The van der Waals surface area contributed by atoms with Crippen molar-refractivity contribution in [3.8, 4) is 0 Å². The molecular formula is C13H19O8P. The van der Waals surface area contributed by atoms with Crippen LogP contribution >= 0.6 is 7.82 Å². The standard InChI is InChI=1S/C8H8O2.C5H11O6P/c1-6-2-4-7(5-3-6)8(9)10;1-2-3-4-5(6)10-11-12(7,8)9/h2-5H,1H3,(H,9,10);2-4H2,1H3,(H2,7,8,9). The number of hydrogen-bond acceptors (Lipinski definition) is 5. The molecule has 0 amide bonds. The number of phosphoric acid groups is 1. The maximum absolute atomic E-state index is 10.6. The number of carboxylic acids is 1. The number of aromatic carboxylic acids is 1. The van der Waals surface area contributed by atoms with E-state index in [0.717, 1.165) is 12.0 Å². The van der Waals surface area contributed by atoms with Crippen LogP contribution in [0.15, 0.2) is 24.3 Å². The van der Waals surface area contributed by atoms with Crippen LogP contribution in [0, 0.1) is 6.92 Å². The SMILES string of the molecule is CCCCC(=O)OOP(=O)(O)O.Cc1ccc(C(=O)O)cc1. The molecule has 1 rings (SSSR count). The van der Waals surface area contributed by atoms with Crippen LogP contribution < -0.4 is 0 Å². The Morgan fingerprint density at radius 2 is 1.73 bits per heavy atom. The largest absolute Gasteiger partial charge is 0.505 e. The van der Waals surface area contributed by atoms with Crippen LogP contribution in [0.4, 0.5) is 0 Å². The summed E-state index contributed by atoms with van der Waals surface area (Å²) in [5.74, 6) is -1.65. The molecule has 0 aliphatic heterocycles. The number of aryl methyl sites for hydroxylation is 1. The third kappa shape index (κ3) is 11.0. The van der Waals surface area contributed by atoms with Gasteiger partial charge < -0.3 is 14.9 Å². The average Bonchev–Trinajstić information content (AvgIpc) is 2.43. The molecule has 9 heteroatoms. The Labute approximate surface area is 127 Å². The molecule has 0 radical (unpaired) electrons. The minimum Gasteiger partial charge on any atom is -0.478 e. The first kappa shape index (κ1) is 20.3. The van der Waals surface area contributed by atoms with Gasteiger partial charge in [0.25, 0.3) is 0 Å². The molecular weight excluding hydrogens is 315 g/mol. The van der Waals surface area contributed by atoms with E-state index in [-0.39, 0.29) is 6.42 Å². The second kappa shape index (κ2) is 10.1. The van der Waals surface area contributed by atoms with Gasteiger partial charge in [-0.15, -0.1) is 0 Å². The number of benzene rings is 1. The van der Waals surface area contributed by atoms with Crippen LogP contribution in [0.5, 0.6) is 0 Å². The van der Waals surface area contributed by atoms with E-state index in [1.807, 2.05) is 13.8 Å². The van der Waals surface area contributed by atoms with Crippen LogP contribution in [0.25, 0.3) is 0 Å². The highest BCUT2D eigenvalue weighted by molar-refractivity contribution is 7.46. The van der Waals surface area contributed by atoms with E-state index < -0.39 is 19.8 Å². The Hall–Kier alpha value is -1.73. The van der Waals surface area contributed by atoms with Crippen molar-refractivity contribution in [2.45, 2.75) is 33.1 Å². The molecule has 3 N–H and O–H groups in total. The molecule has 0 aromatic heterocycles. The third-order valence-electron chi connectivity index (χ3n) is 2.26. The highest BCUT2D eigenvalue weighted by atomic mass is 31.2. The van der Waals surface area contributed by atoms with Gasteiger partial charge in [0.1, 0.15) is 0 Å². The molecule has 0 unspecified atom stereocenters. The first-order chi connectivity index (χ1) is 10.2. The lowest BCUT2D eigenvalue weighted by Crippen LogP contribution is -2.03. The molecule has 22 heavy (non-hydrogen) atoms. The van der Waals surface area contributed by atoms with Gasteiger partial charge in [-0.3, -0.25) is 4.89 Å². The summed E-state index contributed by atoms with van der Waals surface area (Å²) < 4.78 is 13.5. The van der Waals surface area contributed by atoms with Crippen LogP contribution in [-0.2, 0) is 18.9 Å². The van der Waals surface area contributed by atoms with E-state index in [9.17, 15) is 14.2 Å². The number of unbranched alkanes of at least 4 members (excludes halogenated alkanes) is 1. The first-order valence-corrected chi connectivity index (χ1v) is 7.93. The Morgan fingerprint density at radius 3 is 2.14 bits per heavy atom. The summed E-state index contributed by atoms with van der Waals surface area (Å²) >= 11 is 0. The van der Waals surface area contributed by atoms with Gasteiger partial charge in [-0.2, -0.15) is 0 Å². The van der Waals surface area contributed by atoms with Gasteiger partial charge in [0.05, 0.1) is 5.56 Å². The lowest BCUT2D eigenvalue weighted by Gasteiger charge is -2.02. The summed E-state index contributed by atoms with van der Waals surface area (Å²) in [6, 6.07) is 6.75. The second-order valence-electron chi connectivity index (χ2n) is 4.30. The van der Waals surface area contributed by atoms with Crippen LogP contribution in [-0.4, -0.2) is 26.8 Å². The second-order valence-corrected chi connectivity index (χ2v) is 5.43. The molecule has 0 aliphatic rings. The van der Waals surface area contributed by atoms with Crippen molar-refractivity contribution in [1.82, 2.24) is 0 Å². The molecule has 1 aromatic rings. The molecule has 1 aromatic carbocycles. The molecule has 0 heterocycles. The fourth-order valence-electron chi connectivity index (χ4n) is 1.15. The van der Waals surface area contributed by atoms with E-state index >= 15 is 0 Å². The molecule has 0 atom stereocenters. The minimum absolute atomic E-state index is 0.0938. The lowest BCUT2D eigenvalue weighted by molar-refractivity contribution is -0.222. The molecule has 0 saturated heterocycles. The van der Waals surface area contributed by atoms with Crippen molar-refractivity contribution in [3.05, 3.63) is 35.4 Å². The molecule has 0 fully saturated rings. The molecule has 0 aliphatic carbocycles. The van der Waals surface area contributed by atoms with Gasteiger partial charge in [0.2, 0.25) is 0 Å². The predicted molar refractivity (Wildman–Crippen MR) is 76.9 cm³/mol. The fraction of sp³-hybridized carbons (Fsp3) is 0.385. The monoisotopic (exact) mass is 334 g/mol. The predicted octanol–water partition coefficient (Wildman–Crippen LogP) is 2.44. The van der Waals surface area contributed by atoms with Crippen molar-refractivity contribution in [1.29, 1.82) is 0 Å². The Morgan fingerprint density at radius 1 is 1.18 bits per heavy atom. The normalized spacial score (nSPS) is 10.4. The van der Waals surface area contributed by atoms with Gasteiger partial charge >= 0.3 is 19.8 Å². The van der Waals surface area contributed by atoms with Crippen molar-refractivity contribution < 1.29 is 38.6 Å². The Kier molecular flexibility index (Phi) is 9.28. The van der Waals surface area contributed by atoms with E-state index in [1.165, 1.54) is 0 Å². The van der Waals surface area contributed by atoms with Crippen molar-refractivity contribution in [2.24, 2.45) is 0 Å². The van der Waals surface area contributed by atoms with E-state index in [2.05, 4.69) is 9.56 Å². The molecule has 8 nitrogen and oxygen atoms in total. The fourth-order valence-corrected chi connectivity index (χ4v) is 1.33. The zero-order valence-corrected chi connectivity index (χ0v) is 13.2. The first-order valence-electron chi connectivity index (χ1n) is 6.40. The number of carbonyl (C=O) groups is 2. The average molecular weight is 334 g/mol. The van der Waals surface area contributed by atoms with E-state index in [1.54, 1.807) is 24.3 Å². The van der Waals surface area contributed by atoms with Crippen LogP contribution in [0.2, 0.25) is 0 Å². The zero-order chi connectivity index (χ0) is 17.2. The van der Waals surface area contributed by atoms with Gasteiger partial charge in [0, 0.05) is 6.42 Å². The zero-order valence-electron chi connectivity index (χ0n) is 12.3. The van der Waals surface area contributed by atoms with Gasteiger partial charge in [-0.05, 0) is 25.5 Å². The summed E-state index contributed by atoms with van der Waals surface area (Å²) in [4.78, 5) is 40.9. The smallest absolute Gasteiger partial charge is 0.478 e. The summed E-state index contributed by atoms with van der Waals surface area (Å²) in [7, 11) is -4.69. The number of carbonyl (C=O) groups excluding carboxylic acids is 1. The van der Waals surface area contributed by atoms with Crippen molar-refractivity contribution >= 4 is 19.8 Å². The van der Waals surface area contributed by atoms with E-state index in [0.29, 0.717) is 12.0 Å². The quantitative estimate of drug-likeness (QED) is 0.411. The maximum atomic E-state index is 10.6. The highest BCUT2D eigenvalue weighted by Crippen LogP contribution is 2.35. The van der Waals surface area contributed by atoms with Gasteiger partial charge in [-0.25, -0.2) is 14.2 Å². The molecule has 0 bridgehead atoms. The highest BCUT2D eigenvalue weighted by Gasteiger charge is 2.18. The van der Waals surface area contributed by atoms with Crippen molar-refractivity contribution in [3.63, 3.8) is 0 Å². The summed E-state index contributed by atoms with van der Waals surface area (Å²) in [6.07, 6.45) is 1.49. The maximum Gasteiger partial charge on any atom is 0.505 e. The topological polar surface area (TPSA) is 130 Å². The number of carboxylic acid groups (broad SMARTS) is 1. The van der Waals surface area contributed by atoms with Crippen molar-refractivity contribution in [2.75, 3.05) is 0 Å². The summed E-state index contributed by atoms with van der Waals surface area (Å²) in [5.41, 5.74) is 1.41. The van der Waals surface area contributed by atoms with E-state index in [4.69, 9.17) is 14.9 Å². The Balaban J connectivity index is 0.000000406. The molecule has 124 valence electrons. The molecule has 0 saturated carbocycles. The van der Waals surface area contributed by atoms with Crippen LogP contribution in [0.1, 0.15) is 42.1 Å². The van der Waals surface area contributed by atoms with Gasteiger partial charge in [0.15, 0.2) is 0 Å².